The SMILES string of the molecule is CNc1ccccc1C(=O)NCCOC1OCC(O)C(O)C1O. The van der Waals surface area contributed by atoms with Gasteiger partial charge in [-0.3, -0.25) is 4.79 Å². The van der Waals surface area contributed by atoms with Gasteiger partial charge >= 0.3 is 0 Å². The molecule has 0 saturated carbocycles. The summed E-state index contributed by atoms with van der Waals surface area (Å²) >= 11 is 0. The fraction of sp³-hybridized carbons (Fsp3) is 0.533. The lowest BCUT2D eigenvalue weighted by molar-refractivity contribution is -0.269. The average Bonchev–Trinajstić information content (AvgIpc) is 2.58. The van der Waals surface area contributed by atoms with E-state index in [2.05, 4.69) is 10.6 Å². The van der Waals surface area contributed by atoms with Crippen molar-refractivity contribution in [2.75, 3.05) is 32.1 Å². The molecule has 1 heterocycles. The highest BCUT2D eigenvalue weighted by atomic mass is 16.7. The van der Waals surface area contributed by atoms with Gasteiger partial charge in [0.2, 0.25) is 0 Å². The highest BCUT2D eigenvalue weighted by Gasteiger charge is 2.38. The maximum absolute atomic E-state index is 12.1. The van der Waals surface area contributed by atoms with Crippen molar-refractivity contribution in [1.82, 2.24) is 5.32 Å². The number of carbonyl (C=O) groups excluding carboxylic acids is 1. The third kappa shape index (κ3) is 4.40. The van der Waals surface area contributed by atoms with E-state index in [0.717, 1.165) is 0 Å². The van der Waals surface area contributed by atoms with E-state index in [0.29, 0.717) is 11.3 Å². The molecule has 23 heavy (non-hydrogen) atoms. The molecule has 5 N–H and O–H groups in total. The standard InChI is InChI=1S/C15H22N2O6/c1-16-10-5-3-2-4-9(10)14(21)17-6-7-22-15-13(20)12(19)11(18)8-23-15/h2-5,11-13,15-16,18-20H,6-8H2,1H3,(H,17,21). The Kier molecular flexibility index (Phi) is 6.31. The molecular weight excluding hydrogens is 304 g/mol. The Bertz CT molecular complexity index is 526. The van der Waals surface area contributed by atoms with Crippen LogP contribution in [0, 0.1) is 0 Å². The van der Waals surface area contributed by atoms with E-state index in [9.17, 15) is 20.1 Å². The maximum Gasteiger partial charge on any atom is 0.253 e. The Balaban J connectivity index is 1.76. The average molecular weight is 326 g/mol. The molecule has 2 rings (SSSR count). The zero-order valence-electron chi connectivity index (χ0n) is 12.8. The highest BCUT2D eigenvalue weighted by molar-refractivity contribution is 5.99. The van der Waals surface area contributed by atoms with Crippen LogP contribution in [0.2, 0.25) is 0 Å². The van der Waals surface area contributed by atoms with Crippen molar-refractivity contribution in [1.29, 1.82) is 0 Å². The van der Waals surface area contributed by atoms with Crippen molar-refractivity contribution >= 4 is 11.6 Å². The van der Waals surface area contributed by atoms with E-state index in [4.69, 9.17) is 9.47 Å². The molecule has 0 aliphatic carbocycles. The predicted octanol–water partition coefficient (Wildman–Crippen LogP) is -1.09. The Hall–Kier alpha value is -1.71. The second-order valence-corrected chi connectivity index (χ2v) is 5.17. The number of ether oxygens (including phenoxy) is 2. The van der Waals surface area contributed by atoms with E-state index in [1.807, 2.05) is 6.07 Å². The number of carbonyl (C=O) groups is 1. The summed E-state index contributed by atoms with van der Waals surface area (Å²) in [6, 6.07) is 7.09. The quantitative estimate of drug-likeness (QED) is 0.421. The van der Waals surface area contributed by atoms with Gasteiger partial charge in [-0.05, 0) is 12.1 Å². The number of aliphatic hydroxyl groups is 3. The highest BCUT2D eigenvalue weighted by Crippen LogP contribution is 2.16. The molecule has 0 radical (unpaired) electrons. The largest absolute Gasteiger partial charge is 0.388 e. The minimum Gasteiger partial charge on any atom is -0.388 e. The normalized spacial score (nSPS) is 27.5. The molecule has 8 heteroatoms. The number of aliphatic hydroxyl groups excluding tert-OH is 3. The fourth-order valence-electron chi connectivity index (χ4n) is 2.26. The molecule has 1 aromatic rings. The van der Waals surface area contributed by atoms with Crippen LogP contribution in [0.5, 0.6) is 0 Å². The molecule has 1 saturated heterocycles. The summed E-state index contributed by atoms with van der Waals surface area (Å²) in [6.07, 6.45) is -4.82. The minimum absolute atomic E-state index is 0.0952. The first-order valence-corrected chi connectivity index (χ1v) is 7.37. The summed E-state index contributed by atoms with van der Waals surface area (Å²) in [7, 11) is 1.73. The smallest absolute Gasteiger partial charge is 0.253 e. The van der Waals surface area contributed by atoms with Crippen molar-refractivity contribution in [3.8, 4) is 0 Å². The van der Waals surface area contributed by atoms with Gasteiger partial charge in [-0.1, -0.05) is 12.1 Å². The Morgan fingerprint density at radius 1 is 1.30 bits per heavy atom. The van der Waals surface area contributed by atoms with Crippen molar-refractivity contribution in [2.45, 2.75) is 24.6 Å². The molecule has 0 aromatic heterocycles. The van der Waals surface area contributed by atoms with Crippen LogP contribution in [0.1, 0.15) is 10.4 Å². The zero-order chi connectivity index (χ0) is 16.8. The molecule has 1 fully saturated rings. The predicted molar refractivity (Wildman–Crippen MR) is 82.0 cm³/mol. The van der Waals surface area contributed by atoms with Crippen LogP contribution in [0.15, 0.2) is 24.3 Å². The van der Waals surface area contributed by atoms with E-state index >= 15 is 0 Å². The van der Waals surface area contributed by atoms with E-state index in [1.54, 1.807) is 25.2 Å². The monoisotopic (exact) mass is 326 g/mol. The van der Waals surface area contributed by atoms with Gasteiger partial charge in [-0.25, -0.2) is 0 Å². The molecule has 8 nitrogen and oxygen atoms in total. The molecule has 1 aliphatic heterocycles. The van der Waals surface area contributed by atoms with Crippen LogP contribution in [0.25, 0.3) is 0 Å². The summed E-state index contributed by atoms with van der Waals surface area (Å²) in [5.41, 5.74) is 1.23. The second kappa shape index (κ2) is 8.23. The van der Waals surface area contributed by atoms with Crippen molar-refractivity contribution in [3.63, 3.8) is 0 Å². The Morgan fingerprint density at radius 2 is 2.04 bits per heavy atom. The first-order chi connectivity index (χ1) is 11.0. The number of nitrogens with one attached hydrogen (secondary N) is 2. The van der Waals surface area contributed by atoms with Crippen LogP contribution in [-0.4, -0.2) is 72.6 Å². The van der Waals surface area contributed by atoms with Gasteiger partial charge in [-0.15, -0.1) is 0 Å². The lowest BCUT2D eigenvalue weighted by atomic mass is 10.1. The molecule has 1 aliphatic rings. The molecule has 128 valence electrons. The van der Waals surface area contributed by atoms with Crippen LogP contribution in [0.3, 0.4) is 0 Å². The van der Waals surface area contributed by atoms with Crippen molar-refractivity contribution in [3.05, 3.63) is 29.8 Å². The minimum atomic E-state index is -1.33. The van der Waals surface area contributed by atoms with Crippen LogP contribution in [0.4, 0.5) is 5.69 Å². The van der Waals surface area contributed by atoms with Gasteiger partial charge in [0.05, 0.1) is 18.8 Å². The first-order valence-electron chi connectivity index (χ1n) is 7.37. The summed E-state index contributed by atoms with van der Waals surface area (Å²) in [6.45, 7) is 0.185. The first kappa shape index (κ1) is 17.6. The van der Waals surface area contributed by atoms with Gasteiger partial charge in [0.15, 0.2) is 6.29 Å². The summed E-state index contributed by atoms with van der Waals surface area (Å²) in [5.74, 6) is -0.251. The fourth-order valence-corrected chi connectivity index (χ4v) is 2.26. The number of rotatable bonds is 6. The number of hydrogen-bond acceptors (Lipinski definition) is 7. The van der Waals surface area contributed by atoms with Gasteiger partial charge < -0.3 is 35.4 Å². The second-order valence-electron chi connectivity index (χ2n) is 5.17. The van der Waals surface area contributed by atoms with Gasteiger partial charge in [-0.2, -0.15) is 0 Å². The third-order valence-corrected chi connectivity index (χ3v) is 3.57. The maximum atomic E-state index is 12.1. The van der Waals surface area contributed by atoms with Gasteiger partial charge in [0, 0.05) is 19.3 Å². The number of anilines is 1. The van der Waals surface area contributed by atoms with Crippen LogP contribution >= 0.6 is 0 Å². The Morgan fingerprint density at radius 3 is 2.78 bits per heavy atom. The van der Waals surface area contributed by atoms with E-state index in [-0.39, 0.29) is 25.7 Å². The molecule has 1 aromatic carbocycles. The number of para-hydroxylation sites is 1. The van der Waals surface area contributed by atoms with Crippen LogP contribution in [-0.2, 0) is 9.47 Å². The Labute approximate surface area is 134 Å². The zero-order valence-corrected chi connectivity index (χ0v) is 12.8. The number of amides is 1. The third-order valence-electron chi connectivity index (χ3n) is 3.57. The van der Waals surface area contributed by atoms with E-state index < -0.39 is 24.6 Å². The summed E-state index contributed by atoms with van der Waals surface area (Å²) in [4.78, 5) is 12.1. The molecular formula is C15H22N2O6. The molecule has 4 unspecified atom stereocenters. The van der Waals surface area contributed by atoms with Gasteiger partial charge in [0.1, 0.15) is 18.3 Å². The number of hydrogen-bond donors (Lipinski definition) is 5. The van der Waals surface area contributed by atoms with Gasteiger partial charge in [0.25, 0.3) is 5.91 Å². The molecule has 4 atom stereocenters. The molecule has 0 spiro atoms. The molecule has 1 amide bonds. The number of benzene rings is 1. The topological polar surface area (TPSA) is 120 Å². The summed E-state index contributed by atoms with van der Waals surface area (Å²) < 4.78 is 10.4. The van der Waals surface area contributed by atoms with Crippen molar-refractivity contribution in [2.24, 2.45) is 0 Å². The van der Waals surface area contributed by atoms with Crippen molar-refractivity contribution < 1.29 is 29.6 Å². The van der Waals surface area contributed by atoms with E-state index in [1.165, 1.54) is 0 Å². The molecule has 0 bridgehead atoms. The lowest BCUT2D eigenvalue weighted by Gasteiger charge is -2.34. The van der Waals surface area contributed by atoms with Crippen LogP contribution < -0.4 is 10.6 Å². The summed E-state index contributed by atoms with van der Waals surface area (Å²) in [5, 5.41) is 34.2. The lowest BCUT2D eigenvalue weighted by Crippen LogP contribution is -2.54.